The first-order valence-corrected chi connectivity index (χ1v) is 7.10. The number of ether oxygens (including phenoxy) is 3. The summed E-state index contributed by atoms with van der Waals surface area (Å²) in [5.41, 5.74) is -0.207. The van der Waals surface area contributed by atoms with Crippen LogP contribution >= 0.6 is 0 Å². The van der Waals surface area contributed by atoms with Gasteiger partial charge in [0.25, 0.3) is 0 Å². The van der Waals surface area contributed by atoms with Gasteiger partial charge in [-0.1, -0.05) is 0 Å². The van der Waals surface area contributed by atoms with Crippen molar-refractivity contribution >= 4 is 16.0 Å². The number of hydrogen-bond acceptors (Lipinski definition) is 8. The van der Waals surface area contributed by atoms with Crippen molar-refractivity contribution in [1.29, 1.82) is 5.26 Å². The summed E-state index contributed by atoms with van der Waals surface area (Å²) in [5.74, 6) is -0.677. The van der Waals surface area contributed by atoms with E-state index >= 15 is 0 Å². The Hall–Kier alpha value is -2.22. The Morgan fingerprint density at radius 1 is 1.52 bits per heavy atom. The second kappa shape index (κ2) is 6.04. The molecular formula is C11H11N3O6S. The van der Waals surface area contributed by atoms with Gasteiger partial charge in [0.2, 0.25) is 10.0 Å². The van der Waals surface area contributed by atoms with Crippen LogP contribution in [0.1, 0.15) is 5.56 Å². The topological polar surface area (TPSA) is 119 Å². The standard InChI is InChI=1S/C11H11N3O6S/c1-18-7-20-9-3-13-4-10(8(9)2-12)21(16,17)14-5-11(15)19-6-14/h3-4H,5-7H2,1H3. The molecule has 0 aromatic carbocycles. The van der Waals surface area contributed by atoms with Crippen molar-refractivity contribution in [2.75, 3.05) is 27.2 Å². The molecular weight excluding hydrogens is 302 g/mol. The highest BCUT2D eigenvalue weighted by Gasteiger charge is 2.35. The number of carbonyl (C=O) groups excluding carboxylic acids is 1. The first kappa shape index (κ1) is 15.2. The number of aromatic nitrogens is 1. The molecule has 0 N–H and O–H groups in total. The second-order valence-electron chi connectivity index (χ2n) is 3.93. The molecule has 1 aromatic heterocycles. The zero-order chi connectivity index (χ0) is 15.5. The summed E-state index contributed by atoms with van der Waals surface area (Å²) < 4.78 is 40.0. The summed E-state index contributed by atoms with van der Waals surface area (Å²) in [4.78, 5) is 14.4. The van der Waals surface area contributed by atoms with E-state index in [1.807, 2.05) is 0 Å². The van der Waals surface area contributed by atoms with Crippen molar-refractivity contribution in [2.45, 2.75) is 4.90 Å². The fourth-order valence-electron chi connectivity index (χ4n) is 1.63. The highest BCUT2D eigenvalue weighted by Crippen LogP contribution is 2.27. The number of nitrogens with zero attached hydrogens (tertiary/aromatic N) is 3. The lowest BCUT2D eigenvalue weighted by Gasteiger charge is -2.14. The predicted molar refractivity (Wildman–Crippen MR) is 66.3 cm³/mol. The van der Waals surface area contributed by atoms with E-state index in [2.05, 4.69) is 9.72 Å². The van der Waals surface area contributed by atoms with E-state index in [-0.39, 0.29) is 23.0 Å². The normalized spacial score (nSPS) is 15.5. The number of hydrogen-bond donors (Lipinski definition) is 0. The molecule has 0 radical (unpaired) electrons. The molecule has 21 heavy (non-hydrogen) atoms. The highest BCUT2D eigenvalue weighted by atomic mass is 32.2. The summed E-state index contributed by atoms with van der Waals surface area (Å²) in [5, 5.41) is 9.18. The van der Waals surface area contributed by atoms with Crippen LogP contribution in [-0.4, -0.2) is 50.9 Å². The molecule has 0 aliphatic carbocycles. The van der Waals surface area contributed by atoms with E-state index in [1.165, 1.54) is 13.3 Å². The average molecular weight is 313 g/mol. The first-order chi connectivity index (χ1) is 10.0. The first-order valence-electron chi connectivity index (χ1n) is 5.66. The molecule has 0 bridgehead atoms. The van der Waals surface area contributed by atoms with Crippen molar-refractivity contribution in [2.24, 2.45) is 0 Å². The van der Waals surface area contributed by atoms with Gasteiger partial charge in [0.15, 0.2) is 19.3 Å². The monoisotopic (exact) mass is 313 g/mol. The summed E-state index contributed by atoms with van der Waals surface area (Å²) >= 11 is 0. The van der Waals surface area contributed by atoms with Gasteiger partial charge >= 0.3 is 5.97 Å². The molecule has 112 valence electrons. The number of methoxy groups -OCH3 is 1. The SMILES string of the molecule is COCOc1cncc(S(=O)(=O)N2COC(=O)C2)c1C#N. The molecule has 10 heteroatoms. The van der Waals surface area contributed by atoms with Crippen molar-refractivity contribution in [3.05, 3.63) is 18.0 Å². The molecule has 1 aromatic rings. The molecule has 1 fully saturated rings. The van der Waals surface area contributed by atoms with E-state index in [0.717, 1.165) is 10.5 Å². The lowest BCUT2D eigenvalue weighted by Crippen LogP contribution is -2.29. The van der Waals surface area contributed by atoms with Gasteiger partial charge < -0.3 is 14.2 Å². The molecule has 2 heterocycles. The average Bonchev–Trinajstić information content (AvgIpc) is 2.91. The summed E-state index contributed by atoms with van der Waals surface area (Å²) in [6.07, 6.45) is 2.23. The fourth-order valence-corrected chi connectivity index (χ4v) is 2.98. The van der Waals surface area contributed by atoms with Gasteiger partial charge in [0.05, 0.1) is 6.20 Å². The van der Waals surface area contributed by atoms with Gasteiger partial charge in [-0.15, -0.1) is 0 Å². The number of rotatable bonds is 5. The Labute approximate surface area is 120 Å². The van der Waals surface area contributed by atoms with E-state index in [1.54, 1.807) is 6.07 Å². The number of pyridine rings is 1. The van der Waals surface area contributed by atoms with Crippen molar-refractivity contribution in [3.8, 4) is 11.8 Å². The maximum Gasteiger partial charge on any atom is 0.322 e. The highest BCUT2D eigenvalue weighted by molar-refractivity contribution is 7.89. The van der Waals surface area contributed by atoms with Crippen LogP contribution in [-0.2, 0) is 24.3 Å². The number of sulfonamides is 1. The van der Waals surface area contributed by atoms with Crippen LogP contribution in [0.3, 0.4) is 0 Å². The Bertz CT molecular complexity index is 696. The van der Waals surface area contributed by atoms with Crippen LogP contribution < -0.4 is 4.74 Å². The van der Waals surface area contributed by atoms with Crippen LogP contribution in [0.15, 0.2) is 17.3 Å². The van der Waals surface area contributed by atoms with Gasteiger partial charge in [-0.3, -0.25) is 9.78 Å². The van der Waals surface area contributed by atoms with Crippen molar-refractivity contribution < 1.29 is 27.4 Å². The number of nitriles is 1. The van der Waals surface area contributed by atoms with Crippen LogP contribution in [0, 0.1) is 11.3 Å². The molecule has 1 aliphatic heterocycles. The minimum atomic E-state index is -4.08. The van der Waals surface area contributed by atoms with E-state index in [4.69, 9.17) is 9.47 Å². The molecule has 0 saturated carbocycles. The summed E-state index contributed by atoms with van der Waals surface area (Å²) in [7, 11) is -2.70. The zero-order valence-corrected chi connectivity index (χ0v) is 11.8. The smallest absolute Gasteiger partial charge is 0.322 e. The largest absolute Gasteiger partial charge is 0.465 e. The lowest BCUT2D eigenvalue weighted by molar-refractivity contribution is -0.136. The maximum absolute atomic E-state index is 12.4. The Balaban J connectivity index is 2.44. The Kier molecular flexibility index (Phi) is 4.37. The predicted octanol–water partition coefficient (Wildman–Crippen LogP) is -0.559. The van der Waals surface area contributed by atoms with Gasteiger partial charge in [0, 0.05) is 13.3 Å². The van der Waals surface area contributed by atoms with E-state index < -0.39 is 29.3 Å². The van der Waals surface area contributed by atoms with Crippen molar-refractivity contribution in [3.63, 3.8) is 0 Å². The molecule has 0 atom stereocenters. The van der Waals surface area contributed by atoms with E-state index in [0.29, 0.717) is 0 Å². The van der Waals surface area contributed by atoms with Gasteiger partial charge in [-0.05, 0) is 0 Å². The molecule has 9 nitrogen and oxygen atoms in total. The van der Waals surface area contributed by atoms with Crippen LogP contribution in [0.5, 0.6) is 5.75 Å². The number of carbonyl (C=O) groups is 1. The molecule has 1 aliphatic rings. The van der Waals surface area contributed by atoms with Crippen LogP contribution in [0.25, 0.3) is 0 Å². The zero-order valence-electron chi connectivity index (χ0n) is 11.0. The molecule has 0 amide bonds. The quantitative estimate of drug-likeness (QED) is 0.524. The number of esters is 1. The van der Waals surface area contributed by atoms with Crippen LogP contribution in [0.2, 0.25) is 0 Å². The third kappa shape index (κ3) is 2.94. The van der Waals surface area contributed by atoms with Gasteiger partial charge in [-0.25, -0.2) is 8.42 Å². The minimum Gasteiger partial charge on any atom is -0.465 e. The van der Waals surface area contributed by atoms with Crippen LogP contribution in [0.4, 0.5) is 0 Å². The third-order valence-electron chi connectivity index (χ3n) is 2.61. The third-order valence-corrected chi connectivity index (χ3v) is 4.39. The van der Waals surface area contributed by atoms with Gasteiger partial charge in [-0.2, -0.15) is 9.57 Å². The maximum atomic E-state index is 12.4. The minimum absolute atomic E-state index is 0.0214. The molecule has 0 spiro atoms. The molecule has 0 unspecified atom stereocenters. The summed E-state index contributed by atoms with van der Waals surface area (Å²) in [6, 6.07) is 1.76. The van der Waals surface area contributed by atoms with Crippen molar-refractivity contribution in [1.82, 2.24) is 9.29 Å². The Morgan fingerprint density at radius 2 is 2.29 bits per heavy atom. The molecule has 1 saturated heterocycles. The van der Waals surface area contributed by atoms with E-state index in [9.17, 15) is 18.5 Å². The molecule has 2 rings (SSSR count). The Morgan fingerprint density at radius 3 is 2.86 bits per heavy atom. The number of cyclic esters (lactones) is 1. The lowest BCUT2D eigenvalue weighted by atomic mass is 10.3. The second-order valence-corrected chi connectivity index (χ2v) is 5.84. The van der Waals surface area contributed by atoms with Gasteiger partial charge in [0.1, 0.15) is 23.1 Å². The summed E-state index contributed by atoms with van der Waals surface area (Å²) in [6.45, 7) is -0.962. The fraction of sp³-hybridized carbons (Fsp3) is 0.364.